The van der Waals surface area contributed by atoms with E-state index in [-0.39, 0.29) is 25.3 Å². The van der Waals surface area contributed by atoms with Gasteiger partial charge in [-0.25, -0.2) is 14.5 Å². The first-order valence-corrected chi connectivity index (χ1v) is 11.4. The van der Waals surface area contributed by atoms with E-state index in [2.05, 4.69) is 15.1 Å². The average molecular weight is 445 g/mol. The average Bonchev–Trinajstić information content (AvgIpc) is 3.43. The summed E-state index contributed by atoms with van der Waals surface area (Å²) < 4.78 is 36.6. The molecule has 32 heavy (non-hydrogen) atoms. The van der Waals surface area contributed by atoms with Crippen LogP contribution < -0.4 is 0 Å². The highest BCUT2D eigenvalue weighted by molar-refractivity contribution is 7.18. The SMILES string of the molecule is [2H]C1([2H])CC(c2cc3ncc(-c4ccc5nc(C)cn5n4)nc3s2)CC([2H])([2H])N1Cc1ccccc1. The molecule has 1 saturated heterocycles. The summed E-state index contributed by atoms with van der Waals surface area (Å²) in [6.07, 6.45) is 3.96. The smallest absolute Gasteiger partial charge is 0.153 e. The van der Waals surface area contributed by atoms with Crippen molar-refractivity contribution in [1.82, 2.24) is 29.5 Å². The predicted octanol–water partition coefficient (Wildman–Crippen LogP) is 5.09. The van der Waals surface area contributed by atoms with Crippen molar-refractivity contribution in [3.63, 3.8) is 0 Å². The Labute approximate surface area is 196 Å². The van der Waals surface area contributed by atoms with Crippen molar-refractivity contribution < 1.29 is 5.48 Å². The molecule has 6 nitrogen and oxygen atoms in total. The molecule has 160 valence electrons. The van der Waals surface area contributed by atoms with Crippen molar-refractivity contribution in [3.8, 4) is 11.4 Å². The number of fused-ring (bicyclic) bond motifs is 2. The van der Waals surface area contributed by atoms with Crippen LogP contribution in [0.25, 0.3) is 27.4 Å². The molecule has 1 fully saturated rings. The van der Waals surface area contributed by atoms with Crippen molar-refractivity contribution in [3.05, 3.63) is 77.1 Å². The molecule has 0 aliphatic carbocycles. The van der Waals surface area contributed by atoms with Gasteiger partial charge in [0.15, 0.2) is 5.65 Å². The van der Waals surface area contributed by atoms with E-state index >= 15 is 0 Å². The monoisotopic (exact) mass is 444 g/mol. The third kappa shape index (κ3) is 3.78. The summed E-state index contributed by atoms with van der Waals surface area (Å²) in [6, 6.07) is 15.2. The second-order valence-corrected chi connectivity index (χ2v) is 9.05. The second-order valence-electron chi connectivity index (χ2n) is 7.99. The molecule has 0 bridgehead atoms. The third-order valence-corrected chi connectivity index (χ3v) is 6.79. The van der Waals surface area contributed by atoms with E-state index in [0.717, 1.165) is 32.1 Å². The van der Waals surface area contributed by atoms with Gasteiger partial charge in [-0.15, -0.1) is 11.3 Å². The van der Waals surface area contributed by atoms with Crippen molar-refractivity contribution >= 4 is 27.3 Å². The maximum absolute atomic E-state index is 8.73. The van der Waals surface area contributed by atoms with Gasteiger partial charge in [0.1, 0.15) is 21.7 Å². The minimum atomic E-state index is -1.80. The molecule has 0 saturated carbocycles. The van der Waals surface area contributed by atoms with E-state index in [0.29, 0.717) is 11.4 Å². The van der Waals surface area contributed by atoms with Gasteiger partial charge in [0.2, 0.25) is 0 Å². The van der Waals surface area contributed by atoms with E-state index in [1.807, 2.05) is 61.7 Å². The number of benzene rings is 1. The molecular weight excluding hydrogens is 416 g/mol. The number of aryl methyl sites for hydroxylation is 1. The highest BCUT2D eigenvalue weighted by atomic mass is 32.1. The van der Waals surface area contributed by atoms with E-state index in [1.54, 1.807) is 10.7 Å². The van der Waals surface area contributed by atoms with Gasteiger partial charge >= 0.3 is 0 Å². The van der Waals surface area contributed by atoms with Crippen LogP contribution in [-0.4, -0.2) is 42.5 Å². The van der Waals surface area contributed by atoms with Gasteiger partial charge in [-0.2, -0.15) is 5.10 Å². The summed E-state index contributed by atoms with van der Waals surface area (Å²) in [5.41, 5.74) is 4.61. The Morgan fingerprint density at radius 2 is 1.91 bits per heavy atom. The number of hydrogen-bond acceptors (Lipinski definition) is 6. The van der Waals surface area contributed by atoms with Gasteiger partial charge in [0.25, 0.3) is 0 Å². The van der Waals surface area contributed by atoms with Crippen LogP contribution in [0.1, 0.15) is 40.4 Å². The molecule has 6 rings (SSSR count). The van der Waals surface area contributed by atoms with Crippen LogP contribution in [0.2, 0.25) is 0 Å². The van der Waals surface area contributed by atoms with E-state index in [1.165, 1.54) is 16.2 Å². The molecule has 7 heteroatoms. The number of imidazole rings is 1. The molecule has 5 aromatic rings. The third-order valence-electron chi connectivity index (χ3n) is 5.61. The first-order valence-electron chi connectivity index (χ1n) is 12.6. The lowest BCUT2D eigenvalue weighted by atomic mass is 9.95. The number of nitrogens with zero attached hydrogens (tertiary/aromatic N) is 6. The zero-order chi connectivity index (χ0) is 25.1. The summed E-state index contributed by atoms with van der Waals surface area (Å²) in [7, 11) is 0. The van der Waals surface area contributed by atoms with Crippen LogP contribution in [0, 0.1) is 6.92 Å². The fourth-order valence-corrected chi connectivity index (χ4v) is 5.03. The fraction of sp³-hybridized carbons (Fsp3) is 0.280. The fourth-order valence-electron chi connectivity index (χ4n) is 3.94. The maximum atomic E-state index is 8.73. The zero-order valence-corrected chi connectivity index (χ0v) is 18.4. The minimum absolute atomic E-state index is 0.206. The van der Waals surface area contributed by atoms with E-state index in [4.69, 9.17) is 10.5 Å². The molecule has 0 N–H and O–H groups in total. The first-order chi connectivity index (χ1) is 17.2. The molecule has 0 amide bonds. The second kappa shape index (κ2) is 8.07. The highest BCUT2D eigenvalue weighted by Crippen LogP contribution is 2.36. The largest absolute Gasteiger partial charge is 0.299 e. The van der Waals surface area contributed by atoms with Crippen LogP contribution in [0.4, 0.5) is 0 Å². The van der Waals surface area contributed by atoms with Crippen LogP contribution in [0.15, 0.2) is 60.9 Å². The predicted molar refractivity (Wildman–Crippen MR) is 128 cm³/mol. The van der Waals surface area contributed by atoms with Crippen molar-refractivity contribution in [2.24, 2.45) is 0 Å². The maximum Gasteiger partial charge on any atom is 0.153 e. The Kier molecular flexibility index (Phi) is 3.94. The summed E-state index contributed by atoms with van der Waals surface area (Å²) in [6.45, 7) is -1.45. The Balaban J connectivity index is 1.29. The molecule has 0 radical (unpaired) electrons. The van der Waals surface area contributed by atoms with Gasteiger partial charge in [-0.3, -0.25) is 9.88 Å². The molecule has 1 aromatic carbocycles. The van der Waals surface area contributed by atoms with Crippen molar-refractivity contribution in [2.75, 3.05) is 13.0 Å². The minimum Gasteiger partial charge on any atom is -0.299 e. The molecule has 0 atom stereocenters. The number of thiophene rings is 1. The lowest BCUT2D eigenvalue weighted by Gasteiger charge is -2.31. The summed E-state index contributed by atoms with van der Waals surface area (Å²) in [5.74, 6) is -0.269. The Morgan fingerprint density at radius 3 is 2.75 bits per heavy atom. The topological polar surface area (TPSA) is 59.2 Å². The van der Waals surface area contributed by atoms with Gasteiger partial charge in [-0.05, 0) is 62.4 Å². The lowest BCUT2D eigenvalue weighted by Crippen LogP contribution is -2.32. The standard InChI is InChI=1S/C25H24N6S/c1-17-15-31-24(27-17)8-7-20(29-31)22-14-26-21-13-23(32-25(21)28-22)19-9-11-30(12-10-19)16-18-5-3-2-4-6-18/h2-8,13-15,19H,9-12,16H2,1H3/i11D2,12D2. The number of rotatable bonds is 4. The quantitative estimate of drug-likeness (QED) is 0.386. The molecule has 0 unspecified atom stereocenters. The van der Waals surface area contributed by atoms with Crippen molar-refractivity contribution in [1.29, 1.82) is 0 Å². The lowest BCUT2D eigenvalue weighted by molar-refractivity contribution is 0.206. The van der Waals surface area contributed by atoms with Crippen molar-refractivity contribution in [2.45, 2.75) is 32.2 Å². The highest BCUT2D eigenvalue weighted by Gasteiger charge is 2.23. The molecule has 0 spiro atoms. The summed E-state index contributed by atoms with van der Waals surface area (Å²) in [5, 5.41) is 4.60. The molecule has 4 aromatic heterocycles. The number of hydrogen-bond donors (Lipinski definition) is 0. The van der Waals surface area contributed by atoms with Crippen LogP contribution >= 0.6 is 11.3 Å². The van der Waals surface area contributed by atoms with Crippen LogP contribution in [-0.2, 0) is 6.54 Å². The first kappa shape index (κ1) is 15.6. The summed E-state index contributed by atoms with van der Waals surface area (Å²) >= 11 is 1.45. The van der Waals surface area contributed by atoms with E-state index in [9.17, 15) is 0 Å². The molecule has 5 heterocycles. The number of piperidine rings is 1. The Morgan fingerprint density at radius 1 is 1.06 bits per heavy atom. The van der Waals surface area contributed by atoms with Gasteiger partial charge in [0, 0.05) is 16.9 Å². The van der Waals surface area contributed by atoms with Crippen LogP contribution in [0.5, 0.6) is 0 Å². The summed E-state index contributed by atoms with van der Waals surface area (Å²) in [4.78, 5) is 16.8. The van der Waals surface area contributed by atoms with Gasteiger partial charge < -0.3 is 0 Å². The molecule has 1 aliphatic heterocycles. The Hall–Kier alpha value is -3.16. The van der Waals surface area contributed by atoms with Gasteiger partial charge in [0.05, 0.1) is 18.1 Å². The molecule has 1 aliphatic rings. The Bertz CT molecular complexity index is 1550. The van der Waals surface area contributed by atoms with Crippen LogP contribution in [0.3, 0.4) is 0 Å². The number of aromatic nitrogens is 5. The zero-order valence-electron chi connectivity index (χ0n) is 21.6. The van der Waals surface area contributed by atoms with E-state index < -0.39 is 13.0 Å². The normalized spacial score (nSPS) is 20.7. The number of likely N-dealkylation sites (tertiary alicyclic amines) is 1. The molecular formula is C25H24N6S. The van der Waals surface area contributed by atoms with Gasteiger partial charge in [-0.1, -0.05) is 30.3 Å².